The Morgan fingerprint density at radius 3 is 2.00 bits per heavy atom. The summed E-state index contributed by atoms with van der Waals surface area (Å²) in [5.74, 6) is 1.17. The summed E-state index contributed by atoms with van der Waals surface area (Å²) < 4.78 is 0. The van der Waals surface area contributed by atoms with E-state index in [1.165, 1.54) is 32.1 Å². The van der Waals surface area contributed by atoms with Gasteiger partial charge < -0.3 is 5.11 Å². The first-order valence-electron chi connectivity index (χ1n) is 6.66. The van der Waals surface area contributed by atoms with Crippen LogP contribution in [-0.4, -0.2) is 17.1 Å². The van der Waals surface area contributed by atoms with Gasteiger partial charge in [0.25, 0.3) is 0 Å². The van der Waals surface area contributed by atoms with E-state index in [2.05, 4.69) is 20.8 Å². The monoisotopic (exact) mass is 248 g/mol. The molecule has 0 saturated carbocycles. The molecule has 0 heterocycles. The van der Waals surface area contributed by atoms with E-state index in [9.17, 15) is 5.11 Å². The van der Waals surface area contributed by atoms with Crippen molar-refractivity contribution in [2.45, 2.75) is 72.3 Å². The molecule has 2 heteroatoms. The van der Waals surface area contributed by atoms with Crippen molar-refractivity contribution >= 4 is 11.6 Å². The SMILES string of the molecule is CC([C@@H](C)O)C(C)(C)CCCCCCCCl. The molecule has 2 atom stereocenters. The summed E-state index contributed by atoms with van der Waals surface area (Å²) in [5, 5.41) is 9.61. The Kier molecular flexibility index (Phi) is 8.49. The van der Waals surface area contributed by atoms with Gasteiger partial charge in [0.05, 0.1) is 6.10 Å². The van der Waals surface area contributed by atoms with Crippen LogP contribution in [0.2, 0.25) is 0 Å². The predicted octanol–water partition coefficient (Wildman–Crippen LogP) is 4.61. The van der Waals surface area contributed by atoms with Gasteiger partial charge in [-0.1, -0.05) is 46.5 Å². The Hall–Kier alpha value is 0.250. The molecule has 0 rings (SSSR count). The maximum Gasteiger partial charge on any atom is 0.0542 e. The molecule has 1 N–H and O–H groups in total. The zero-order valence-electron chi connectivity index (χ0n) is 11.4. The van der Waals surface area contributed by atoms with E-state index < -0.39 is 0 Å². The third kappa shape index (κ3) is 6.75. The highest BCUT2D eigenvalue weighted by atomic mass is 35.5. The topological polar surface area (TPSA) is 20.2 Å². The Bertz CT molecular complexity index is 166. The van der Waals surface area contributed by atoms with Crippen LogP contribution >= 0.6 is 11.6 Å². The summed E-state index contributed by atoms with van der Waals surface area (Å²) in [6.07, 6.45) is 7.28. The van der Waals surface area contributed by atoms with Gasteiger partial charge >= 0.3 is 0 Å². The molecular weight excluding hydrogens is 220 g/mol. The fraction of sp³-hybridized carbons (Fsp3) is 1.00. The summed E-state index contributed by atoms with van der Waals surface area (Å²) in [7, 11) is 0. The molecule has 0 aromatic carbocycles. The van der Waals surface area contributed by atoms with Gasteiger partial charge in [-0.3, -0.25) is 0 Å². The maximum absolute atomic E-state index is 9.61. The van der Waals surface area contributed by atoms with Crippen molar-refractivity contribution in [3.8, 4) is 0 Å². The van der Waals surface area contributed by atoms with Gasteiger partial charge in [0, 0.05) is 5.88 Å². The molecule has 0 aliphatic rings. The number of rotatable bonds is 9. The van der Waals surface area contributed by atoms with Gasteiger partial charge in [-0.2, -0.15) is 0 Å². The molecule has 0 spiro atoms. The third-order valence-corrected chi connectivity index (χ3v) is 4.18. The number of alkyl halides is 1. The zero-order chi connectivity index (χ0) is 12.6. The van der Waals surface area contributed by atoms with Crippen LogP contribution in [0, 0.1) is 11.3 Å². The lowest BCUT2D eigenvalue weighted by molar-refractivity contribution is 0.0522. The third-order valence-electron chi connectivity index (χ3n) is 3.91. The molecule has 0 fully saturated rings. The Morgan fingerprint density at radius 2 is 1.50 bits per heavy atom. The first-order valence-corrected chi connectivity index (χ1v) is 7.19. The van der Waals surface area contributed by atoms with Crippen molar-refractivity contribution in [3.05, 3.63) is 0 Å². The summed E-state index contributed by atoms with van der Waals surface area (Å²) in [6.45, 7) is 8.58. The van der Waals surface area contributed by atoms with Gasteiger partial charge in [-0.05, 0) is 31.1 Å². The Balaban J connectivity index is 3.66. The normalized spacial score (nSPS) is 16.1. The van der Waals surface area contributed by atoms with Crippen molar-refractivity contribution < 1.29 is 5.11 Å². The number of hydrogen-bond acceptors (Lipinski definition) is 1. The molecule has 0 bridgehead atoms. The van der Waals surface area contributed by atoms with Crippen molar-refractivity contribution in [1.29, 1.82) is 0 Å². The van der Waals surface area contributed by atoms with E-state index in [1.54, 1.807) is 0 Å². The smallest absolute Gasteiger partial charge is 0.0542 e. The molecule has 0 saturated heterocycles. The van der Waals surface area contributed by atoms with Crippen LogP contribution in [0.4, 0.5) is 0 Å². The average Bonchev–Trinajstić information content (AvgIpc) is 2.22. The summed E-state index contributed by atoms with van der Waals surface area (Å²) in [4.78, 5) is 0. The number of hydrogen-bond donors (Lipinski definition) is 1. The standard InChI is InChI=1S/C14H29ClO/c1-12(13(2)16)14(3,4)10-8-6-5-7-9-11-15/h12-13,16H,5-11H2,1-4H3/t12?,13-/m1/s1. The average molecular weight is 249 g/mol. The van der Waals surface area contributed by atoms with E-state index >= 15 is 0 Å². The van der Waals surface area contributed by atoms with Crippen molar-refractivity contribution in [2.75, 3.05) is 5.88 Å². The van der Waals surface area contributed by atoms with E-state index in [0.717, 1.165) is 12.3 Å². The number of aliphatic hydroxyl groups excluding tert-OH is 1. The van der Waals surface area contributed by atoms with Gasteiger partial charge in [0.2, 0.25) is 0 Å². The quantitative estimate of drug-likeness (QED) is 0.467. The predicted molar refractivity (Wildman–Crippen MR) is 73.0 cm³/mol. The summed E-state index contributed by atoms with van der Waals surface area (Å²) >= 11 is 5.64. The lowest BCUT2D eigenvalue weighted by Crippen LogP contribution is -2.30. The summed E-state index contributed by atoms with van der Waals surface area (Å²) in [5.41, 5.74) is 0.251. The fourth-order valence-corrected chi connectivity index (χ4v) is 2.28. The molecule has 0 aromatic heterocycles. The number of halogens is 1. The Morgan fingerprint density at radius 1 is 1.00 bits per heavy atom. The van der Waals surface area contributed by atoms with Crippen molar-refractivity contribution in [3.63, 3.8) is 0 Å². The molecule has 1 unspecified atom stereocenters. The first kappa shape index (κ1) is 16.2. The lowest BCUT2D eigenvalue weighted by atomic mass is 9.74. The molecule has 1 nitrogen and oxygen atoms in total. The first-order chi connectivity index (χ1) is 7.41. The minimum atomic E-state index is -0.203. The molecule has 0 aromatic rings. The number of unbranched alkanes of at least 4 members (excludes halogenated alkanes) is 4. The summed E-state index contributed by atoms with van der Waals surface area (Å²) in [6, 6.07) is 0. The highest BCUT2D eigenvalue weighted by Gasteiger charge is 2.28. The van der Waals surface area contributed by atoms with E-state index in [1.807, 2.05) is 6.92 Å². The number of aliphatic hydroxyl groups is 1. The Labute approximate surface area is 107 Å². The van der Waals surface area contributed by atoms with Gasteiger partial charge in [-0.15, -0.1) is 11.6 Å². The van der Waals surface area contributed by atoms with Crippen LogP contribution in [0.25, 0.3) is 0 Å². The van der Waals surface area contributed by atoms with Crippen LogP contribution in [0.15, 0.2) is 0 Å². The van der Waals surface area contributed by atoms with Crippen molar-refractivity contribution in [1.82, 2.24) is 0 Å². The van der Waals surface area contributed by atoms with Crippen LogP contribution in [0.1, 0.15) is 66.2 Å². The van der Waals surface area contributed by atoms with Crippen LogP contribution in [0.5, 0.6) is 0 Å². The van der Waals surface area contributed by atoms with Crippen LogP contribution in [0.3, 0.4) is 0 Å². The molecule has 16 heavy (non-hydrogen) atoms. The van der Waals surface area contributed by atoms with Crippen LogP contribution < -0.4 is 0 Å². The van der Waals surface area contributed by atoms with E-state index in [0.29, 0.717) is 5.92 Å². The molecule has 0 radical (unpaired) electrons. The molecule has 0 aliphatic carbocycles. The highest BCUT2D eigenvalue weighted by Crippen LogP contribution is 2.34. The molecular formula is C14H29ClO. The minimum absolute atomic E-state index is 0.203. The molecule has 0 aliphatic heterocycles. The second kappa shape index (κ2) is 8.36. The molecule has 98 valence electrons. The lowest BCUT2D eigenvalue weighted by Gasteiger charge is -2.34. The molecule has 0 amide bonds. The van der Waals surface area contributed by atoms with Crippen LogP contribution in [-0.2, 0) is 0 Å². The highest BCUT2D eigenvalue weighted by molar-refractivity contribution is 6.17. The van der Waals surface area contributed by atoms with Gasteiger partial charge in [0.1, 0.15) is 0 Å². The zero-order valence-corrected chi connectivity index (χ0v) is 12.2. The maximum atomic E-state index is 9.61. The second-order valence-corrected chi connectivity index (χ2v) is 6.10. The van der Waals surface area contributed by atoms with E-state index in [4.69, 9.17) is 11.6 Å². The van der Waals surface area contributed by atoms with Gasteiger partial charge in [-0.25, -0.2) is 0 Å². The minimum Gasteiger partial charge on any atom is -0.393 e. The second-order valence-electron chi connectivity index (χ2n) is 5.72. The largest absolute Gasteiger partial charge is 0.393 e. The van der Waals surface area contributed by atoms with E-state index in [-0.39, 0.29) is 11.5 Å². The van der Waals surface area contributed by atoms with Crippen molar-refractivity contribution in [2.24, 2.45) is 11.3 Å². The van der Waals surface area contributed by atoms with Gasteiger partial charge in [0.15, 0.2) is 0 Å². The fourth-order valence-electron chi connectivity index (χ4n) is 2.09.